The van der Waals surface area contributed by atoms with Crippen molar-refractivity contribution in [1.82, 2.24) is 4.90 Å². The second-order valence-electron chi connectivity index (χ2n) is 3.82. The van der Waals surface area contributed by atoms with Gasteiger partial charge in [0, 0.05) is 23.7 Å². The molecule has 0 radical (unpaired) electrons. The molecule has 0 amide bonds. The molecule has 2 rings (SSSR count). The molecule has 1 aromatic carbocycles. The number of nitrogens with zero attached hydrogens (tertiary/aromatic N) is 1. The summed E-state index contributed by atoms with van der Waals surface area (Å²) in [7, 11) is 0. The van der Waals surface area contributed by atoms with Gasteiger partial charge in [0.2, 0.25) is 0 Å². The largest absolute Gasteiger partial charge is 0.326 e. The van der Waals surface area contributed by atoms with Crippen molar-refractivity contribution in [3.63, 3.8) is 0 Å². The first kappa shape index (κ1) is 10.9. The Balaban J connectivity index is 2.29. The standard InChI is InChI=1S/C11H14ClFN2/c12-10-2-3-11(13)9(8(10)6-14)7-15-4-1-5-15/h2-3H,1,4-7,14H2. The first-order valence-electron chi connectivity index (χ1n) is 5.10. The SMILES string of the molecule is NCc1c(Cl)ccc(F)c1CN1CCC1. The lowest BCUT2D eigenvalue weighted by atomic mass is 10.0. The highest BCUT2D eigenvalue weighted by atomic mass is 35.5. The molecule has 1 aliphatic rings. The molecule has 1 fully saturated rings. The van der Waals surface area contributed by atoms with E-state index in [9.17, 15) is 4.39 Å². The fourth-order valence-corrected chi connectivity index (χ4v) is 2.05. The van der Waals surface area contributed by atoms with Crippen LogP contribution in [0.15, 0.2) is 12.1 Å². The molecule has 15 heavy (non-hydrogen) atoms. The van der Waals surface area contributed by atoms with Crippen LogP contribution in [0.4, 0.5) is 4.39 Å². The van der Waals surface area contributed by atoms with Crippen LogP contribution in [0.25, 0.3) is 0 Å². The van der Waals surface area contributed by atoms with Gasteiger partial charge >= 0.3 is 0 Å². The molecule has 0 atom stereocenters. The van der Waals surface area contributed by atoms with Gasteiger partial charge in [-0.25, -0.2) is 4.39 Å². The van der Waals surface area contributed by atoms with Crippen molar-refractivity contribution in [3.8, 4) is 0 Å². The van der Waals surface area contributed by atoms with Crippen molar-refractivity contribution in [2.75, 3.05) is 13.1 Å². The summed E-state index contributed by atoms with van der Waals surface area (Å²) in [6, 6.07) is 2.98. The lowest BCUT2D eigenvalue weighted by Crippen LogP contribution is -2.37. The molecule has 82 valence electrons. The molecule has 1 heterocycles. The van der Waals surface area contributed by atoms with E-state index in [1.54, 1.807) is 6.07 Å². The van der Waals surface area contributed by atoms with E-state index < -0.39 is 0 Å². The molecule has 1 saturated heterocycles. The third-order valence-corrected chi connectivity index (χ3v) is 3.21. The van der Waals surface area contributed by atoms with Gasteiger partial charge in [0.25, 0.3) is 0 Å². The van der Waals surface area contributed by atoms with Crippen LogP contribution >= 0.6 is 11.6 Å². The highest BCUT2D eigenvalue weighted by Crippen LogP contribution is 2.25. The lowest BCUT2D eigenvalue weighted by Gasteiger charge is -2.31. The van der Waals surface area contributed by atoms with E-state index in [0.717, 1.165) is 18.7 Å². The smallest absolute Gasteiger partial charge is 0.128 e. The molecule has 4 heteroatoms. The summed E-state index contributed by atoms with van der Waals surface area (Å²) < 4.78 is 13.6. The Morgan fingerprint density at radius 3 is 2.60 bits per heavy atom. The molecule has 0 bridgehead atoms. The lowest BCUT2D eigenvalue weighted by molar-refractivity contribution is 0.170. The number of nitrogens with two attached hydrogens (primary N) is 1. The highest BCUT2D eigenvalue weighted by Gasteiger charge is 2.19. The first-order chi connectivity index (χ1) is 7.22. The van der Waals surface area contributed by atoms with E-state index >= 15 is 0 Å². The maximum atomic E-state index is 13.6. The minimum atomic E-state index is -0.202. The molecule has 0 aliphatic carbocycles. The van der Waals surface area contributed by atoms with Gasteiger partial charge < -0.3 is 5.73 Å². The fourth-order valence-electron chi connectivity index (χ4n) is 1.79. The molecule has 0 aromatic heterocycles. The molecule has 2 nitrogen and oxygen atoms in total. The predicted molar refractivity (Wildman–Crippen MR) is 59.2 cm³/mol. The summed E-state index contributed by atoms with van der Waals surface area (Å²) in [5.41, 5.74) is 6.98. The van der Waals surface area contributed by atoms with Crippen LogP contribution in [-0.4, -0.2) is 18.0 Å². The van der Waals surface area contributed by atoms with Gasteiger partial charge in [-0.2, -0.15) is 0 Å². The maximum absolute atomic E-state index is 13.6. The normalized spacial score (nSPS) is 16.5. The zero-order chi connectivity index (χ0) is 10.8. The van der Waals surface area contributed by atoms with Crippen LogP contribution in [0, 0.1) is 5.82 Å². The molecule has 2 N–H and O–H groups in total. The van der Waals surface area contributed by atoms with Gasteiger partial charge in [0.05, 0.1) is 0 Å². The molecule has 0 saturated carbocycles. The van der Waals surface area contributed by atoms with Crippen LogP contribution in [0.3, 0.4) is 0 Å². The summed E-state index contributed by atoms with van der Waals surface area (Å²) >= 11 is 5.98. The summed E-state index contributed by atoms with van der Waals surface area (Å²) in [4.78, 5) is 2.19. The van der Waals surface area contributed by atoms with Gasteiger partial charge in [0.15, 0.2) is 0 Å². The van der Waals surface area contributed by atoms with Gasteiger partial charge in [-0.05, 0) is 37.2 Å². The van der Waals surface area contributed by atoms with E-state index in [4.69, 9.17) is 17.3 Å². The Labute approximate surface area is 93.8 Å². The third-order valence-electron chi connectivity index (χ3n) is 2.85. The van der Waals surface area contributed by atoms with Crippen LogP contribution < -0.4 is 5.73 Å². The van der Waals surface area contributed by atoms with Crippen LogP contribution in [0.5, 0.6) is 0 Å². The second-order valence-corrected chi connectivity index (χ2v) is 4.23. The third kappa shape index (κ3) is 2.14. The minimum Gasteiger partial charge on any atom is -0.326 e. The van der Waals surface area contributed by atoms with Gasteiger partial charge in [-0.15, -0.1) is 0 Å². The van der Waals surface area contributed by atoms with E-state index in [0.29, 0.717) is 23.7 Å². The van der Waals surface area contributed by atoms with Crippen molar-refractivity contribution in [2.45, 2.75) is 19.5 Å². The summed E-state index contributed by atoms with van der Waals surface area (Å²) in [6.07, 6.45) is 1.19. The zero-order valence-electron chi connectivity index (χ0n) is 8.47. The average molecular weight is 229 g/mol. The highest BCUT2D eigenvalue weighted by molar-refractivity contribution is 6.31. The van der Waals surface area contributed by atoms with Gasteiger partial charge in [-0.3, -0.25) is 4.90 Å². The summed E-state index contributed by atoms with van der Waals surface area (Å²) in [6.45, 7) is 2.99. The van der Waals surface area contributed by atoms with Crippen LogP contribution in [0.2, 0.25) is 5.02 Å². The Hall–Kier alpha value is -0.640. The first-order valence-corrected chi connectivity index (χ1v) is 5.48. The van der Waals surface area contributed by atoms with Crippen molar-refractivity contribution in [3.05, 3.63) is 34.1 Å². The zero-order valence-corrected chi connectivity index (χ0v) is 9.23. The number of hydrogen-bond donors (Lipinski definition) is 1. The number of likely N-dealkylation sites (tertiary alicyclic amines) is 1. The minimum absolute atomic E-state index is 0.202. The Morgan fingerprint density at radius 2 is 2.07 bits per heavy atom. The summed E-state index contributed by atoms with van der Waals surface area (Å²) in [5.74, 6) is -0.202. The maximum Gasteiger partial charge on any atom is 0.128 e. The molecule has 1 aromatic rings. The van der Waals surface area contributed by atoms with E-state index in [1.807, 2.05) is 0 Å². The number of hydrogen-bond acceptors (Lipinski definition) is 2. The summed E-state index contributed by atoms with van der Waals surface area (Å²) in [5, 5.41) is 0.564. The average Bonchev–Trinajstić information content (AvgIpc) is 2.16. The van der Waals surface area contributed by atoms with Gasteiger partial charge in [-0.1, -0.05) is 11.6 Å². The number of halogens is 2. The fraction of sp³-hybridized carbons (Fsp3) is 0.455. The van der Waals surface area contributed by atoms with E-state index in [-0.39, 0.29) is 5.82 Å². The Kier molecular flexibility index (Phi) is 3.24. The molecular formula is C11H14ClFN2. The van der Waals surface area contributed by atoms with Gasteiger partial charge in [0.1, 0.15) is 5.82 Å². The van der Waals surface area contributed by atoms with Crippen LogP contribution in [0.1, 0.15) is 17.5 Å². The second kappa shape index (κ2) is 4.47. The van der Waals surface area contributed by atoms with E-state index in [2.05, 4.69) is 4.90 Å². The predicted octanol–water partition coefficient (Wildman–Crippen LogP) is 2.14. The van der Waals surface area contributed by atoms with Crippen molar-refractivity contribution in [2.24, 2.45) is 5.73 Å². The van der Waals surface area contributed by atoms with Crippen molar-refractivity contribution < 1.29 is 4.39 Å². The van der Waals surface area contributed by atoms with Crippen molar-refractivity contribution in [1.29, 1.82) is 0 Å². The molecule has 1 aliphatic heterocycles. The Morgan fingerprint density at radius 1 is 1.33 bits per heavy atom. The van der Waals surface area contributed by atoms with Crippen molar-refractivity contribution >= 4 is 11.6 Å². The molecular weight excluding hydrogens is 215 g/mol. The Bertz CT molecular complexity index is 364. The van der Waals surface area contributed by atoms with E-state index in [1.165, 1.54) is 12.5 Å². The molecule has 0 spiro atoms. The number of benzene rings is 1. The quantitative estimate of drug-likeness (QED) is 0.859. The number of rotatable bonds is 3. The van der Waals surface area contributed by atoms with Crippen LogP contribution in [-0.2, 0) is 13.1 Å². The monoisotopic (exact) mass is 228 g/mol. The molecule has 0 unspecified atom stereocenters. The topological polar surface area (TPSA) is 29.3 Å².